The second kappa shape index (κ2) is 2.80. The molecule has 1 saturated carbocycles. The molecule has 66 valence electrons. The van der Waals surface area contributed by atoms with Crippen molar-refractivity contribution >= 4 is 0 Å². The van der Waals surface area contributed by atoms with E-state index in [-0.39, 0.29) is 0 Å². The number of hydrogen-bond donors (Lipinski definition) is 0. The zero-order valence-electron chi connectivity index (χ0n) is 8.54. The Hall–Kier alpha value is 0. The van der Waals surface area contributed by atoms with Crippen LogP contribution in [0.4, 0.5) is 0 Å². The largest absolute Gasteiger partial charge is 0.0649 e. The van der Waals surface area contributed by atoms with Gasteiger partial charge >= 0.3 is 0 Å². The first kappa shape index (κ1) is 9.09. The maximum Gasteiger partial charge on any atom is -0.0323 e. The molecular formula is C11H22. The minimum atomic E-state index is 0.614. The fraction of sp³-hybridized carbons (Fsp3) is 1.00. The SMILES string of the molecule is CCC1(C)CCCC(C)(C)C1. The fourth-order valence-electron chi connectivity index (χ4n) is 2.63. The minimum Gasteiger partial charge on any atom is -0.0649 e. The van der Waals surface area contributed by atoms with Gasteiger partial charge in [0.05, 0.1) is 0 Å². The van der Waals surface area contributed by atoms with Crippen molar-refractivity contribution < 1.29 is 0 Å². The monoisotopic (exact) mass is 154 g/mol. The predicted molar refractivity (Wildman–Crippen MR) is 50.6 cm³/mol. The quantitative estimate of drug-likeness (QED) is 0.535. The van der Waals surface area contributed by atoms with Crippen molar-refractivity contribution in [3.63, 3.8) is 0 Å². The van der Waals surface area contributed by atoms with Gasteiger partial charge in [-0.25, -0.2) is 0 Å². The lowest BCUT2D eigenvalue weighted by molar-refractivity contribution is 0.0957. The smallest absolute Gasteiger partial charge is 0.0323 e. The summed E-state index contributed by atoms with van der Waals surface area (Å²) in [6.07, 6.45) is 7.11. The van der Waals surface area contributed by atoms with E-state index in [1.165, 1.54) is 32.1 Å². The highest BCUT2D eigenvalue weighted by Gasteiger charge is 2.34. The standard InChI is InChI=1S/C11H22/c1-5-11(4)8-6-7-10(2,3)9-11/h5-9H2,1-4H3. The van der Waals surface area contributed by atoms with E-state index in [4.69, 9.17) is 0 Å². The molecule has 1 aliphatic carbocycles. The Morgan fingerprint density at radius 3 is 2.09 bits per heavy atom. The van der Waals surface area contributed by atoms with E-state index in [0.717, 1.165) is 0 Å². The lowest BCUT2D eigenvalue weighted by atomic mass is 9.63. The second-order valence-corrected chi connectivity index (χ2v) is 5.36. The van der Waals surface area contributed by atoms with Crippen LogP contribution in [0.1, 0.15) is 59.8 Å². The summed E-state index contributed by atoms with van der Waals surface area (Å²) in [6, 6.07) is 0. The summed E-state index contributed by atoms with van der Waals surface area (Å²) in [5.41, 5.74) is 1.27. The molecule has 1 fully saturated rings. The highest BCUT2D eigenvalue weighted by Crippen LogP contribution is 2.47. The Bertz CT molecular complexity index is 135. The maximum absolute atomic E-state index is 2.45. The third-order valence-corrected chi connectivity index (χ3v) is 3.39. The Balaban J connectivity index is 2.59. The van der Waals surface area contributed by atoms with E-state index in [0.29, 0.717) is 10.8 Å². The zero-order chi connectivity index (χ0) is 8.54. The van der Waals surface area contributed by atoms with Crippen LogP contribution in [-0.2, 0) is 0 Å². The molecule has 1 unspecified atom stereocenters. The summed E-state index contributed by atoms with van der Waals surface area (Å²) in [6.45, 7) is 9.62. The van der Waals surface area contributed by atoms with E-state index in [1.807, 2.05) is 0 Å². The van der Waals surface area contributed by atoms with Crippen LogP contribution >= 0.6 is 0 Å². The summed E-state index contributed by atoms with van der Waals surface area (Å²) < 4.78 is 0. The van der Waals surface area contributed by atoms with Crippen LogP contribution in [0.5, 0.6) is 0 Å². The van der Waals surface area contributed by atoms with E-state index in [2.05, 4.69) is 27.7 Å². The van der Waals surface area contributed by atoms with Crippen molar-refractivity contribution in [1.82, 2.24) is 0 Å². The molecule has 1 aliphatic rings. The highest BCUT2D eigenvalue weighted by molar-refractivity contribution is 4.86. The van der Waals surface area contributed by atoms with E-state index in [9.17, 15) is 0 Å². The number of rotatable bonds is 1. The minimum absolute atomic E-state index is 0.614. The first-order valence-corrected chi connectivity index (χ1v) is 4.97. The van der Waals surface area contributed by atoms with E-state index in [1.54, 1.807) is 0 Å². The Kier molecular flexibility index (Phi) is 2.32. The molecule has 0 radical (unpaired) electrons. The Morgan fingerprint density at radius 2 is 1.73 bits per heavy atom. The highest BCUT2D eigenvalue weighted by atomic mass is 14.4. The van der Waals surface area contributed by atoms with Crippen LogP contribution in [0.3, 0.4) is 0 Å². The number of hydrogen-bond acceptors (Lipinski definition) is 0. The van der Waals surface area contributed by atoms with E-state index < -0.39 is 0 Å². The molecule has 0 aromatic rings. The molecule has 0 saturated heterocycles. The van der Waals surface area contributed by atoms with Crippen LogP contribution in [0.2, 0.25) is 0 Å². The molecule has 0 aliphatic heterocycles. The first-order chi connectivity index (χ1) is 4.97. The second-order valence-electron chi connectivity index (χ2n) is 5.36. The van der Waals surface area contributed by atoms with Crippen LogP contribution in [0, 0.1) is 10.8 Å². The summed E-state index contributed by atoms with van der Waals surface area (Å²) >= 11 is 0. The van der Waals surface area contributed by atoms with Crippen molar-refractivity contribution in [1.29, 1.82) is 0 Å². The van der Waals surface area contributed by atoms with Crippen LogP contribution in [0.25, 0.3) is 0 Å². The van der Waals surface area contributed by atoms with Crippen LogP contribution < -0.4 is 0 Å². The molecule has 1 atom stereocenters. The van der Waals surface area contributed by atoms with Gasteiger partial charge in [-0.3, -0.25) is 0 Å². The molecule has 1 rings (SSSR count). The lowest BCUT2D eigenvalue weighted by Crippen LogP contribution is -2.30. The maximum atomic E-state index is 2.45. The van der Waals surface area contributed by atoms with Gasteiger partial charge in [-0.05, 0) is 30.1 Å². The average molecular weight is 154 g/mol. The molecule has 0 heteroatoms. The van der Waals surface area contributed by atoms with Crippen molar-refractivity contribution in [2.75, 3.05) is 0 Å². The van der Waals surface area contributed by atoms with Gasteiger partial charge in [0.1, 0.15) is 0 Å². The third-order valence-electron chi connectivity index (χ3n) is 3.39. The van der Waals surface area contributed by atoms with Crippen molar-refractivity contribution in [3.8, 4) is 0 Å². The molecule has 0 aromatic carbocycles. The molecule has 0 heterocycles. The van der Waals surface area contributed by atoms with Crippen molar-refractivity contribution in [3.05, 3.63) is 0 Å². The molecule has 0 nitrogen and oxygen atoms in total. The van der Waals surface area contributed by atoms with Crippen molar-refractivity contribution in [2.24, 2.45) is 10.8 Å². The summed E-state index contributed by atoms with van der Waals surface area (Å²) in [7, 11) is 0. The normalized spacial score (nSPS) is 37.1. The van der Waals surface area contributed by atoms with Crippen LogP contribution in [0.15, 0.2) is 0 Å². The van der Waals surface area contributed by atoms with Gasteiger partial charge in [0, 0.05) is 0 Å². The van der Waals surface area contributed by atoms with Crippen LogP contribution in [-0.4, -0.2) is 0 Å². The van der Waals surface area contributed by atoms with Crippen molar-refractivity contribution in [2.45, 2.75) is 59.8 Å². The lowest BCUT2D eigenvalue weighted by Gasteiger charge is -2.42. The summed E-state index contributed by atoms with van der Waals surface area (Å²) in [4.78, 5) is 0. The van der Waals surface area contributed by atoms with Gasteiger partial charge in [-0.2, -0.15) is 0 Å². The molecule has 0 amide bonds. The first-order valence-electron chi connectivity index (χ1n) is 4.97. The third kappa shape index (κ3) is 2.21. The summed E-state index contributed by atoms with van der Waals surface area (Å²) in [5.74, 6) is 0. The Morgan fingerprint density at radius 1 is 1.09 bits per heavy atom. The topological polar surface area (TPSA) is 0 Å². The predicted octanol–water partition coefficient (Wildman–Crippen LogP) is 4.00. The van der Waals surface area contributed by atoms with Gasteiger partial charge in [0.25, 0.3) is 0 Å². The average Bonchev–Trinajstić information content (AvgIpc) is 1.85. The molecule has 0 bridgehead atoms. The molecule has 0 N–H and O–H groups in total. The fourth-order valence-corrected chi connectivity index (χ4v) is 2.63. The van der Waals surface area contributed by atoms with Gasteiger partial charge < -0.3 is 0 Å². The molecule has 0 aromatic heterocycles. The van der Waals surface area contributed by atoms with Gasteiger partial charge in [-0.1, -0.05) is 40.5 Å². The molecule has 0 spiro atoms. The van der Waals surface area contributed by atoms with Gasteiger partial charge in [0.15, 0.2) is 0 Å². The Labute approximate surface area is 71.4 Å². The van der Waals surface area contributed by atoms with Gasteiger partial charge in [-0.15, -0.1) is 0 Å². The van der Waals surface area contributed by atoms with E-state index >= 15 is 0 Å². The zero-order valence-corrected chi connectivity index (χ0v) is 8.54. The molecule has 11 heavy (non-hydrogen) atoms. The summed E-state index contributed by atoms with van der Waals surface area (Å²) in [5, 5.41) is 0. The van der Waals surface area contributed by atoms with Gasteiger partial charge in [0.2, 0.25) is 0 Å². The molecular weight excluding hydrogens is 132 g/mol.